The first-order valence-electron chi connectivity index (χ1n) is 8.32. The van der Waals surface area contributed by atoms with E-state index in [4.69, 9.17) is 21.1 Å². The lowest BCUT2D eigenvalue weighted by Gasteiger charge is -2.13. The summed E-state index contributed by atoms with van der Waals surface area (Å²) in [6.45, 7) is 6.58. The van der Waals surface area contributed by atoms with Crippen LogP contribution >= 0.6 is 11.6 Å². The fraction of sp³-hybridized carbons (Fsp3) is 0.368. The van der Waals surface area contributed by atoms with Crippen LogP contribution in [0, 0.1) is 13.8 Å². The average molecular weight is 378 g/mol. The lowest BCUT2D eigenvalue weighted by Crippen LogP contribution is -2.20. The van der Waals surface area contributed by atoms with Crippen LogP contribution < -0.4 is 14.8 Å². The molecule has 1 N–H and O–H groups in total. The van der Waals surface area contributed by atoms with Gasteiger partial charge in [0.15, 0.2) is 11.5 Å². The minimum Gasteiger partial charge on any atom is -0.493 e. The van der Waals surface area contributed by atoms with Crippen LogP contribution in [0.15, 0.2) is 18.2 Å². The summed E-state index contributed by atoms with van der Waals surface area (Å²) in [5.41, 5.74) is 3.67. The van der Waals surface area contributed by atoms with Gasteiger partial charge in [-0.25, -0.2) is 0 Å². The maximum absolute atomic E-state index is 12.1. The predicted octanol–water partition coefficient (Wildman–Crippen LogP) is 3.43. The van der Waals surface area contributed by atoms with Crippen LogP contribution in [0.1, 0.15) is 29.4 Å². The van der Waals surface area contributed by atoms with Gasteiger partial charge in [0.05, 0.1) is 24.4 Å². The number of amides is 1. The van der Waals surface area contributed by atoms with Crippen molar-refractivity contribution in [2.24, 2.45) is 7.05 Å². The Morgan fingerprint density at radius 3 is 2.69 bits per heavy atom. The molecule has 1 aromatic carbocycles. The molecule has 1 amide bonds. The third kappa shape index (κ3) is 4.58. The molecule has 0 bridgehead atoms. The van der Waals surface area contributed by atoms with Crippen LogP contribution in [-0.2, 0) is 18.4 Å². The Morgan fingerprint density at radius 2 is 2.12 bits per heavy atom. The lowest BCUT2D eigenvalue weighted by atomic mass is 10.1. The molecule has 0 aliphatic rings. The summed E-state index contributed by atoms with van der Waals surface area (Å²) in [5, 5.41) is 7.62. The summed E-state index contributed by atoms with van der Waals surface area (Å²) in [5.74, 6) is 0.853. The summed E-state index contributed by atoms with van der Waals surface area (Å²) < 4.78 is 12.6. The quantitative estimate of drug-likeness (QED) is 0.751. The number of halogens is 1. The number of carbonyl (C=O) groups excluding carboxylic acids is 1. The van der Waals surface area contributed by atoms with Crippen molar-refractivity contribution in [3.8, 4) is 11.5 Å². The summed E-state index contributed by atoms with van der Waals surface area (Å²) >= 11 is 6.24. The van der Waals surface area contributed by atoms with E-state index >= 15 is 0 Å². The Hall–Kier alpha value is -2.47. The van der Waals surface area contributed by atoms with Crippen molar-refractivity contribution in [3.05, 3.63) is 45.7 Å². The fourth-order valence-electron chi connectivity index (χ4n) is 2.60. The van der Waals surface area contributed by atoms with Crippen molar-refractivity contribution in [2.75, 3.05) is 13.7 Å². The van der Waals surface area contributed by atoms with Gasteiger partial charge >= 0.3 is 0 Å². The standard InChI is InChI=1S/C19H24ClN3O3/c1-6-26-19-16(20)9-14(10-17(19)25-5)11-21-18(24)8-7-15-12(2)22-23(4)13(15)3/h7-10H,6,11H2,1-5H3,(H,21,24). The minimum absolute atomic E-state index is 0.198. The first kappa shape index (κ1) is 19.8. The first-order chi connectivity index (χ1) is 12.4. The van der Waals surface area contributed by atoms with E-state index in [-0.39, 0.29) is 5.91 Å². The van der Waals surface area contributed by atoms with Crippen molar-refractivity contribution >= 4 is 23.6 Å². The molecule has 2 rings (SSSR count). The number of aryl methyl sites for hydroxylation is 2. The molecule has 0 saturated carbocycles. The molecule has 0 fully saturated rings. The molecule has 0 atom stereocenters. The minimum atomic E-state index is -0.198. The van der Waals surface area contributed by atoms with Gasteiger partial charge in [0.1, 0.15) is 0 Å². The summed E-state index contributed by atoms with van der Waals surface area (Å²) in [4.78, 5) is 12.1. The van der Waals surface area contributed by atoms with E-state index in [2.05, 4.69) is 10.4 Å². The number of methoxy groups -OCH3 is 1. The summed E-state index contributed by atoms with van der Waals surface area (Å²) in [6, 6.07) is 3.56. The van der Waals surface area contributed by atoms with Gasteiger partial charge in [-0.15, -0.1) is 0 Å². The molecule has 0 radical (unpaired) electrons. The second kappa shape index (κ2) is 8.76. The third-order valence-electron chi connectivity index (χ3n) is 4.01. The van der Waals surface area contributed by atoms with Gasteiger partial charge in [0.2, 0.25) is 5.91 Å². The van der Waals surface area contributed by atoms with E-state index in [1.807, 2.05) is 27.8 Å². The Morgan fingerprint density at radius 1 is 1.38 bits per heavy atom. The highest BCUT2D eigenvalue weighted by atomic mass is 35.5. The van der Waals surface area contributed by atoms with Crippen molar-refractivity contribution in [2.45, 2.75) is 27.3 Å². The van der Waals surface area contributed by atoms with Crippen molar-refractivity contribution in [1.29, 1.82) is 0 Å². The number of aromatic nitrogens is 2. The largest absolute Gasteiger partial charge is 0.493 e. The second-order valence-corrected chi connectivity index (χ2v) is 6.21. The van der Waals surface area contributed by atoms with Gasteiger partial charge in [-0.3, -0.25) is 9.48 Å². The van der Waals surface area contributed by atoms with Crippen LogP contribution in [-0.4, -0.2) is 29.4 Å². The molecule has 7 heteroatoms. The van der Waals surface area contributed by atoms with Crippen LogP contribution in [0.5, 0.6) is 11.5 Å². The van der Waals surface area contributed by atoms with Crippen LogP contribution in [0.2, 0.25) is 5.02 Å². The number of nitrogens with zero attached hydrogens (tertiary/aromatic N) is 2. The zero-order chi connectivity index (χ0) is 19.3. The molecule has 0 saturated heterocycles. The zero-order valence-corrected chi connectivity index (χ0v) is 16.5. The molecule has 1 heterocycles. The van der Waals surface area contributed by atoms with E-state index in [1.165, 1.54) is 6.08 Å². The zero-order valence-electron chi connectivity index (χ0n) is 15.7. The van der Waals surface area contributed by atoms with E-state index < -0.39 is 0 Å². The number of hydrogen-bond acceptors (Lipinski definition) is 4. The topological polar surface area (TPSA) is 65.4 Å². The number of rotatable bonds is 7. The third-order valence-corrected chi connectivity index (χ3v) is 4.29. The maximum Gasteiger partial charge on any atom is 0.244 e. The normalized spacial score (nSPS) is 11.0. The number of carbonyl (C=O) groups is 1. The van der Waals surface area contributed by atoms with E-state index in [9.17, 15) is 4.79 Å². The highest BCUT2D eigenvalue weighted by Crippen LogP contribution is 2.36. The summed E-state index contributed by atoms with van der Waals surface area (Å²) in [7, 11) is 3.43. The molecule has 0 spiro atoms. The molecule has 0 aliphatic carbocycles. The highest BCUT2D eigenvalue weighted by Gasteiger charge is 2.12. The molecule has 0 aliphatic heterocycles. The van der Waals surface area contributed by atoms with Gasteiger partial charge in [-0.2, -0.15) is 5.10 Å². The van der Waals surface area contributed by atoms with Gasteiger partial charge in [0, 0.05) is 30.9 Å². The first-order valence-corrected chi connectivity index (χ1v) is 8.70. The molecule has 140 valence electrons. The molecule has 1 aromatic heterocycles. The van der Waals surface area contributed by atoms with Gasteiger partial charge in [-0.05, 0) is 44.5 Å². The van der Waals surface area contributed by atoms with Crippen LogP contribution in [0.4, 0.5) is 0 Å². The number of nitrogens with one attached hydrogen (secondary N) is 1. The highest BCUT2D eigenvalue weighted by molar-refractivity contribution is 6.32. The van der Waals surface area contributed by atoms with E-state index in [0.717, 1.165) is 22.5 Å². The van der Waals surface area contributed by atoms with Crippen molar-refractivity contribution in [3.63, 3.8) is 0 Å². The Bertz CT molecular complexity index is 828. The smallest absolute Gasteiger partial charge is 0.244 e. The second-order valence-electron chi connectivity index (χ2n) is 5.80. The van der Waals surface area contributed by atoms with E-state index in [0.29, 0.717) is 29.7 Å². The lowest BCUT2D eigenvalue weighted by molar-refractivity contribution is -0.116. The average Bonchev–Trinajstić information content (AvgIpc) is 2.85. The Kier molecular flexibility index (Phi) is 6.69. The van der Waals surface area contributed by atoms with Crippen LogP contribution in [0.3, 0.4) is 0 Å². The molecular weight excluding hydrogens is 354 g/mol. The molecular formula is C19H24ClN3O3. The van der Waals surface area contributed by atoms with E-state index in [1.54, 1.807) is 30.0 Å². The molecule has 0 unspecified atom stereocenters. The Balaban J connectivity index is 2.05. The van der Waals surface area contributed by atoms with Crippen molar-refractivity contribution < 1.29 is 14.3 Å². The SMILES string of the molecule is CCOc1c(Cl)cc(CNC(=O)C=Cc2c(C)nn(C)c2C)cc1OC. The van der Waals surface area contributed by atoms with Gasteiger partial charge in [-0.1, -0.05) is 11.6 Å². The Labute approximate surface area is 158 Å². The summed E-state index contributed by atoms with van der Waals surface area (Å²) in [6.07, 6.45) is 3.28. The van der Waals surface area contributed by atoms with Crippen molar-refractivity contribution in [1.82, 2.24) is 15.1 Å². The van der Waals surface area contributed by atoms with Gasteiger partial charge in [0.25, 0.3) is 0 Å². The van der Waals surface area contributed by atoms with Crippen LogP contribution in [0.25, 0.3) is 6.08 Å². The number of ether oxygens (including phenoxy) is 2. The molecule has 6 nitrogen and oxygen atoms in total. The predicted molar refractivity (Wildman–Crippen MR) is 103 cm³/mol. The molecule has 26 heavy (non-hydrogen) atoms. The monoisotopic (exact) mass is 377 g/mol. The fourth-order valence-corrected chi connectivity index (χ4v) is 2.89. The maximum atomic E-state index is 12.1. The number of hydrogen-bond donors (Lipinski definition) is 1. The van der Waals surface area contributed by atoms with Gasteiger partial charge < -0.3 is 14.8 Å². The molecule has 2 aromatic rings. The number of benzene rings is 1.